The van der Waals surface area contributed by atoms with Crippen molar-refractivity contribution in [3.63, 3.8) is 0 Å². The third-order valence-electron chi connectivity index (χ3n) is 3.87. The number of urea groups is 1. The number of hydrogen-bond donors (Lipinski definition) is 2. The zero-order chi connectivity index (χ0) is 19.9. The Kier molecular flexibility index (Phi) is 6.59. The van der Waals surface area contributed by atoms with Gasteiger partial charge in [0.2, 0.25) is 5.91 Å². The molecule has 3 rings (SSSR count). The molecule has 146 valence electrons. The van der Waals surface area contributed by atoms with Crippen LogP contribution in [0.15, 0.2) is 59.8 Å². The molecule has 2 aromatic carbocycles. The molecule has 1 aromatic heterocycles. The summed E-state index contributed by atoms with van der Waals surface area (Å²) in [5, 5.41) is 4.95. The maximum Gasteiger partial charge on any atom is 0.321 e. The maximum absolute atomic E-state index is 13.4. The van der Waals surface area contributed by atoms with Crippen LogP contribution in [0.4, 0.5) is 13.6 Å². The van der Waals surface area contributed by atoms with Gasteiger partial charge in [-0.15, -0.1) is 0 Å². The molecule has 0 spiro atoms. The number of aromatic nitrogens is 2. The summed E-state index contributed by atoms with van der Waals surface area (Å²) in [5.74, 6) is -0.272. The minimum Gasteiger partial charge on any atom is -0.334 e. The van der Waals surface area contributed by atoms with E-state index in [2.05, 4.69) is 15.6 Å². The van der Waals surface area contributed by atoms with Crippen LogP contribution in [0, 0.1) is 0 Å². The molecule has 0 aliphatic carbocycles. The number of halogens is 2. The summed E-state index contributed by atoms with van der Waals surface area (Å²) in [4.78, 5) is 27.8. The number of carbonyl (C=O) groups is 2. The number of hydrogen-bond acceptors (Lipinski definition) is 4. The first kappa shape index (κ1) is 19.8. The van der Waals surface area contributed by atoms with Crippen molar-refractivity contribution < 1.29 is 18.4 Å². The van der Waals surface area contributed by atoms with Gasteiger partial charge in [0.1, 0.15) is 0 Å². The number of rotatable bonds is 7. The van der Waals surface area contributed by atoms with E-state index in [9.17, 15) is 18.4 Å². The van der Waals surface area contributed by atoms with Crippen molar-refractivity contribution in [3.8, 4) is 0 Å². The highest BCUT2D eigenvalue weighted by molar-refractivity contribution is 7.99. The third-order valence-corrected chi connectivity index (χ3v) is 4.82. The number of nitrogens with zero attached hydrogens (tertiary/aromatic N) is 2. The Bertz CT molecular complexity index is 963. The van der Waals surface area contributed by atoms with Gasteiger partial charge in [-0.05, 0) is 17.7 Å². The first-order valence-corrected chi connectivity index (χ1v) is 9.52. The van der Waals surface area contributed by atoms with Crippen molar-refractivity contribution >= 4 is 34.7 Å². The monoisotopic (exact) mass is 404 g/mol. The number of imide groups is 1. The molecular weight excluding hydrogens is 386 g/mol. The van der Waals surface area contributed by atoms with Crippen LogP contribution in [-0.4, -0.2) is 27.2 Å². The Morgan fingerprint density at radius 1 is 1.07 bits per heavy atom. The van der Waals surface area contributed by atoms with Gasteiger partial charge in [0.15, 0.2) is 5.16 Å². The molecule has 0 atom stereocenters. The van der Waals surface area contributed by atoms with Crippen molar-refractivity contribution in [3.05, 3.63) is 60.2 Å². The van der Waals surface area contributed by atoms with E-state index >= 15 is 0 Å². The highest BCUT2D eigenvalue weighted by Crippen LogP contribution is 2.29. The molecule has 1 heterocycles. The molecule has 28 heavy (non-hydrogen) atoms. The molecule has 0 saturated carbocycles. The van der Waals surface area contributed by atoms with E-state index in [0.29, 0.717) is 17.6 Å². The van der Waals surface area contributed by atoms with Gasteiger partial charge in [-0.25, -0.2) is 9.78 Å². The van der Waals surface area contributed by atoms with Crippen LogP contribution in [-0.2, 0) is 11.3 Å². The van der Waals surface area contributed by atoms with Crippen molar-refractivity contribution in [1.29, 1.82) is 0 Å². The van der Waals surface area contributed by atoms with Gasteiger partial charge in [-0.1, -0.05) is 54.2 Å². The lowest BCUT2D eigenvalue weighted by atomic mass is 10.2. The lowest BCUT2D eigenvalue weighted by Crippen LogP contribution is -2.39. The van der Waals surface area contributed by atoms with Crippen LogP contribution in [0.2, 0.25) is 0 Å². The number of thioether (sulfide) groups is 1. The first-order valence-electron chi connectivity index (χ1n) is 8.54. The summed E-state index contributed by atoms with van der Waals surface area (Å²) >= 11 is 1.05. The van der Waals surface area contributed by atoms with Gasteiger partial charge in [0, 0.05) is 18.7 Å². The molecule has 0 bridgehead atoms. The Balaban J connectivity index is 1.48. The smallest absolute Gasteiger partial charge is 0.321 e. The quantitative estimate of drug-likeness (QED) is 0.585. The second-order valence-electron chi connectivity index (χ2n) is 5.85. The van der Waals surface area contributed by atoms with E-state index in [-0.39, 0.29) is 17.3 Å². The minimum absolute atomic E-state index is 0.00410. The first-order chi connectivity index (χ1) is 13.5. The largest absolute Gasteiger partial charge is 0.334 e. The SMILES string of the molecule is O=C(CCSc1nc2ccccc2n1C(F)F)NC(=O)NCc1ccccc1. The van der Waals surface area contributed by atoms with Crippen LogP contribution in [0.3, 0.4) is 0 Å². The number of alkyl halides is 2. The molecule has 2 N–H and O–H groups in total. The molecule has 3 aromatic rings. The highest BCUT2D eigenvalue weighted by atomic mass is 32.2. The summed E-state index contributed by atoms with van der Waals surface area (Å²) in [5.41, 5.74) is 1.71. The summed E-state index contributed by atoms with van der Waals surface area (Å²) in [6.07, 6.45) is -0.00410. The second kappa shape index (κ2) is 9.32. The average Bonchev–Trinajstić information content (AvgIpc) is 3.05. The van der Waals surface area contributed by atoms with Gasteiger partial charge in [-0.2, -0.15) is 8.78 Å². The van der Waals surface area contributed by atoms with Crippen molar-refractivity contribution in [2.45, 2.75) is 24.7 Å². The summed E-state index contributed by atoms with van der Waals surface area (Å²) in [7, 11) is 0. The number of para-hydroxylation sites is 2. The summed E-state index contributed by atoms with van der Waals surface area (Å²) < 4.78 is 27.5. The topological polar surface area (TPSA) is 76.0 Å². The molecule has 6 nitrogen and oxygen atoms in total. The van der Waals surface area contributed by atoms with Crippen molar-refractivity contribution in [2.75, 3.05) is 5.75 Å². The fourth-order valence-corrected chi connectivity index (χ4v) is 3.51. The van der Waals surface area contributed by atoms with Crippen LogP contribution in [0.5, 0.6) is 0 Å². The van der Waals surface area contributed by atoms with Gasteiger partial charge < -0.3 is 5.32 Å². The molecule has 0 aliphatic rings. The normalized spacial score (nSPS) is 11.0. The number of fused-ring (bicyclic) bond motifs is 1. The van der Waals surface area contributed by atoms with E-state index < -0.39 is 18.5 Å². The van der Waals surface area contributed by atoms with Gasteiger partial charge >= 0.3 is 12.6 Å². The molecule has 0 saturated heterocycles. The summed E-state index contributed by atoms with van der Waals surface area (Å²) in [6, 6.07) is 15.3. The van der Waals surface area contributed by atoms with E-state index in [0.717, 1.165) is 21.9 Å². The number of amides is 3. The number of nitrogens with one attached hydrogen (secondary N) is 2. The fourth-order valence-electron chi connectivity index (χ4n) is 2.56. The van der Waals surface area contributed by atoms with Gasteiger partial charge in [-0.3, -0.25) is 14.7 Å². The van der Waals surface area contributed by atoms with Crippen molar-refractivity contribution in [2.24, 2.45) is 0 Å². The Hall–Kier alpha value is -2.94. The maximum atomic E-state index is 13.4. The predicted molar refractivity (Wildman–Crippen MR) is 103 cm³/mol. The van der Waals surface area contributed by atoms with Gasteiger partial charge in [0.05, 0.1) is 11.0 Å². The standard InChI is InChI=1S/C19H18F2N4O2S/c20-17(21)25-15-9-5-4-8-14(15)23-19(25)28-11-10-16(26)24-18(27)22-12-13-6-2-1-3-7-13/h1-9,17H,10-12H2,(H2,22,24,26,27). The Labute approximate surface area is 164 Å². The number of imidazole rings is 1. The molecule has 0 aliphatic heterocycles. The Morgan fingerprint density at radius 3 is 2.54 bits per heavy atom. The molecule has 9 heteroatoms. The number of carbonyl (C=O) groups excluding carboxylic acids is 2. The van der Waals surface area contributed by atoms with Crippen LogP contribution >= 0.6 is 11.8 Å². The highest BCUT2D eigenvalue weighted by Gasteiger charge is 2.18. The number of benzene rings is 2. The zero-order valence-corrected chi connectivity index (χ0v) is 15.6. The molecule has 0 radical (unpaired) electrons. The van der Waals surface area contributed by atoms with E-state index in [4.69, 9.17) is 0 Å². The van der Waals surface area contributed by atoms with Gasteiger partial charge in [0.25, 0.3) is 0 Å². The Morgan fingerprint density at radius 2 is 1.79 bits per heavy atom. The fraction of sp³-hybridized carbons (Fsp3) is 0.211. The van der Waals surface area contributed by atoms with Crippen molar-refractivity contribution in [1.82, 2.24) is 20.2 Å². The second-order valence-corrected chi connectivity index (χ2v) is 6.91. The molecule has 3 amide bonds. The van der Waals surface area contributed by atoms with E-state index in [1.165, 1.54) is 0 Å². The van der Waals surface area contributed by atoms with Crippen LogP contribution < -0.4 is 10.6 Å². The van der Waals surface area contributed by atoms with Crippen LogP contribution in [0.1, 0.15) is 18.5 Å². The minimum atomic E-state index is -2.73. The lowest BCUT2D eigenvalue weighted by molar-refractivity contribution is -0.119. The molecule has 0 unspecified atom stereocenters. The van der Waals surface area contributed by atoms with E-state index in [1.807, 2.05) is 30.3 Å². The average molecular weight is 404 g/mol. The molecular formula is C19H18F2N4O2S. The lowest BCUT2D eigenvalue weighted by Gasteiger charge is -2.08. The summed E-state index contributed by atoms with van der Waals surface area (Å²) in [6.45, 7) is -2.43. The van der Waals surface area contributed by atoms with Crippen LogP contribution in [0.25, 0.3) is 11.0 Å². The zero-order valence-electron chi connectivity index (χ0n) is 14.8. The predicted octanol–water partition coefficient (Wildman–Crippen LogP) is 3.94. The third kappa shape index (κ3) is 5.07. The van der Waals surface area contributed by atoms with E-state index in [1.54, 1.807) is 24.3 Å². The molecule has 0 fully saturated rings.